The molecule has 0 aliphatic rings. The minimum atomic E-state index is -0.103. The third-order valence-corrected chi connectivity index (χ3v) is 3.99. The van der Waals surface area contributed by atoms with Gasteiger partial charge in [0, 0.05) is 17.1 Å². The van der Waals surface area contributed by atoms with Crippen molar-refractivity contribution in [3.8, 4) is 5.69 Å². The third-order valence-electron chi connectivity index (χ3n) is 3.99. The number of fused-ring (bicyclic) bond motifs is 1. The van der Waals surface area contributed by atoms with Crippen molar-refractivity contribution in [1.29, 1.82) is 0 Å². The Bertz CT molecular complexity index is 922. The summed E-state index contributed by atoms with van der Waals surface area (Å²) < 4.78 is 1.56. The lowest BCUT2D eigenvalue weighted by Crippen LogP contribution is -2.19. The van der Waals surface area contributed by atoms with Gasteiger partial charge in [0.25, 0.3) is 5.56 Å². The molecular formula is C19H17NO2. The van der Waals surface area contributed by atoms with Crippen LogP contribution in [0.4, 0.5) is 0 Å². The van der Waals surface area contributed by atoms with Gasteiger partial charge in [0.15, 0.2) is 6.29 Å². The van der Waals surface area contributed by atoms with Crippen molar-refractivity contribution in [1.82, 2.24) is 4.57 Å². The van der Waals surface area contributed by atoms with E-state index in [4.69, 9.17) is 0 Å². The van der Waals surface area contributed by atoms with Crippen LogP contribution in [-0.4, -0.2) is 10.9 Å². The van der Waals surface area contributed by atoms with Gasteiger partial charge in [-0.05, 0) is 42.5 Å². The molecule has 0 unspecified atom stereocenters. The number of rotatable bonds is 3. The van der Waals surface area contributed by atoms with Crippen LogP contribution in [0.1, 0.15) is 28.4 Å². The number of pyridine rings is 1. The first kappa shape index (κ1) is 14.3. The lowest BCUT2D eigenvalue weighted by atomic mass is 10.0. The van der Waals surface area contributed by atoms with Crippen LogP contribution in [0.2, 0.25) is 0 Å². The van der Waals surface area contributed by atoms with Gasteiger partial charge in [-0.15, -0.1) is 0 Å². The van der Waals surface area contributed by atoms with Crippen molar-refractivity contribution < 1.29 is 4.79 Å². The Labute approximate surface area is 128 Å². The topological polar surface area (TPSA) is 39.1 Å². The SMILES string of the molecule is CCc1cccc(-n2ccc3cc(C)ccc3c2=O)c1C=O. The third kappa shape index (κ3) is 2.25. The van der Waals surface area contributed by atoms with Gasteiger partial charge in [-0.2, -0.15) is 0 Å². The molecule has 3 nitrogen and oxygen atoms in total. The first-order valence-corrected chi connectivity index (χ1v) is 7.35. The average molecular weight is 291 g/mol. The second-order valence-electron chi connectivity index (χ2n) is 5.40. The first-order chi connectivity index (χ1) is 10.7. The molecular weight excluding hydrogens is 274 g/mol. The summed E-state index contributed by atoms with van der Waals surface area (Å²) in [5.41, 5.74) is 3.18. The van der Waals surface area contributed by atoms with E-state index >= 15 is 0 Å². The molecule has 0 aliphatic carbocycles. The van der Waals surface area contributed by atoms with Gasteiger partial charge in [-0.1, -0.05) is 36.8 Å². The van der Waals surface area contributed by atoms with E-state index in [1.165, 1.54) is 0 Å². The van der Waals surface area contributed by atoms with Gasteiger partial charge in [-0.25, -0.2) is 0 Å². The number of aryl methyl sites for hydroxylation is 2. The summed E-state index contributed by atoms with van der Waals surface area (Å²) in [5.74, 6) is 0. The van der Waals surface area contributed by atoms with Crippen LogP contribution in [0.3, 0.4) is 0 Å². The molecule has 22 heavy (non-hydrogen) atoms. The normalized spacial score (nSPS) is 10.8. The summed E-state index contributed by atoms with van der Waals surface area (Å²) >= 11 is 0. The predicted molar refractivity (Wildman–Crippen MR) is 89.0 cm³/mol. The fourth-order valence-corrected chi connectivity index (χ4v) is 2.81. The second kappa shape index (κ2) is 5.60. The zero-order valence-corrected chi connectivity index (χ0v) is 12.7. The molecule has 0 saturated carbocycles. The highest BCUT2D eigenvalue weighted by atomic mass is 16.1. The molecule has 1 heterocycles. The Morgan fingerprint density at radius 3 is 2.68 bits per heavy atom. The van der Waals surface area contributed by atoms with E-state index in [0.29, 0.717) is 16.6 Å². The quantitative estimate of drug-likeness (QED) is 0.691. The van der Waals surface area contributed by atoms with Gasteiger partial charge in [0.2, 0.25) is 0 Å². The van der Waals surface area contributed by atoms with Crippen LogP contribution in [0, 0.1) is 6.92 Å². The van der Waals surface area contributed by atoms with Crippen LogP contribution in [0.5, 0.6) is 0 Å². The number of hydrogen-bond donors (Lipinski definition) is 0. The van der Waals surface area contributed by atoms with E-state index in [0.717, 1.165) is 29.2 Å². The maximum absolute atomic E-state index is 12.8. The van der Waals surface area contributed by atoms with Gasteiger partial charge < -0.3 is 0 Å². The van der Waals surface area contributed by atoms with Crippen LogP contribution >= 0.6 is 0 Å². The van der Waals surface area contributed by atoms with Crippen LogP contribution in [0.25, 0.3) is 16.5 Å². The fourth-order valence-electron chi connectivity index (χ4n) is 2.81. The summed E-state index contributed by atoms with van der Waals surface area (Å²) in [6.45, 7) is 4.00. The van der Waals surface area contributed by atoms with Gasteiger partial charge in [-0.3, -0.25) is 14.2 Å². The van der Waals surface area contributed by atoms with E-state index in [1.54, 1.807) is 10.8 Å². The molecule has 0 bridgehead atoms. The molecule has 3 rings (SSSR count). The number of benzene rings is 2. The maximum Gasteiger partial charge on any atom is 0.262 e. The Morgan fingerprint density at radius 1 is 1.14 bits per heavy atom. The van der Waals surface area contributed by atoms with Crippen molar-refractivity contribution in [3.05, 3.63) is 75.7 Å². The van der Waals surface area contributed by atoms with Crippen LogP contribution in [-0.2, 0) is 6.42 Å². The first-order valence-electron chi connectivity index (χ1n) is 7.35. The van der Waals surface area contributed by atoms with E-state index in [1.807, 2.05) is 56.3 Å². The largest absolute Gasteiger partial charge is 0.298 e. The summed E-state index contributed by atoms with van der Waals surface area (Å²) in [5, 5.41) is 1.58. The number of hydrogen-bond acceptors (Lipinski definition) is 2. The molecule has 3 aromatic rings. The fraction of sp³-hybridized carbons (Fsp3) is 0.158. The van der Waals surface area contributed by atoms with Gasteiger partial charge in [0.1, 0.15) is 0 Å². The predicted octanol–water partition coefficient (Wildman–Crippen LogP) is 3.67. The zero-order chi connectivity index (χ0) is 15.7. The molecule has 3 heteroatoms. The minimum Gasteiger partial charge on any atom is -0.298 e. The number of aromatic nitrogens is 1. The molecule has 1 aromatic heterocycles. The molecule has 0 N–H and O–H groups in total. The summed E-state index contributed by atoms with van der Waals surface area (Å²) in [7, 11) is 0. The molecule has 0 spiro atoms. The standard InChI is InChI=1S/C19H17NO2/c1-3-14-5-4-6-18(17(14)12-21)20-10-9-15-11-13(2)7-8-16(15)19(20)22/h4-12H,3H2,1-2H3. The van der Waals surface area contributed by atoms with Crippen molar-refractivity contribution in [2.45, 2.75) is 20.3 Å². The van der Waals surface area contributed by atoms with E-state index in [2.05, 4.69) is 0 Å². The molecule has 0 saturated heterocycles. The molecule has 0 radical (unpaired) electrons. The van der Waals surface area contributed by atoms with Crippen LogP contribution < -0.4 is 5.56 Å². The Morgan fingerprint density at radius 2 is 1.95 bits per heavy atom. The van der Waals surface area contributed by atoms with Crippen molar-refractivity contribution in [3.63, 3.8) is 0 Å². The van der Waals surface area contributed by atoms with Crippen molar-refractivity contribution in [2.75, 3.05) is 0 Å². The molecule has 2 aromatic carbocycles. The molecule has 110 valence electrons. The highest BCUT2D eigenvalue weighted by Crippen LogP contribution is 2.19. The van der Waals surface area contributed by atoms with E-state index < -0.39 is 0 Å². The Kier molecular flexibility index (Phi) is 3.63. The Balaban J connectivity index is 2.32. The lowest BCUT2D eigenvalue weighted by Gasteiger charge is -2.12. The second-order valence-corrected chi connectivity index (χ2v) is 5.40. The summed E-state index contributed by atoms with van der Waals surface area (Å²) in [6.07, 6.45) is 3.33. The molecule has 0 fully saturated rings. The number of aldehydes is 1. The van der Waals surface area contributed by atoms with Gasteiger partial charge in [0.05, 0.1) is 5.69 Å². The minimum absolute atomic E-state index is 0.103. The lowest BCUT2D eigenvalue weighted by molar-refractivity contribution is 0.112. The maximum atomic E-state index is 12.8. The van der Waals surface area contributed by atoms with Crippen LogP contribution in [0.15, 0.2) is 53.5 Å². The zero-order valence-electron chi connectivity index (χ0n) is 12.7. The number of carbonyl (C=O) groups is 1. The number of nitrogens with zero attached hydrogens (tertiary/aromatic N) is 1. The van der Waals surface area contributed by atoms with Crippen molar-refractivity contribution in [2.24, 2.45) is 0 Å². The summed E-state index contributed by atoms with van der Waals surface area (Å²) in [4.78, 5) is 24.2. The smallest absolute Gasteiger partial charge is 0.262 e. The number of carbonyl (C=O) groups excluding carboxylic acids is 1. The van der Waals surface area contributed by atoms with E-state index in [9.17, 15) is 9.59 Å². The highest BCUT2D eigenvalue weighted by molar-refractivity contribution is 5.85. The van der Waals surface area contributed by atoms with Gasteiger partial charge >= 0.3 is 0 Å². The summed E-state index contributed by atoms with van der Waals surface area (Å²) in [6, 6.07) is 13.3. The Hall–Kier alpha value is -2.68. The molecule has 0 aliphatic heterocycles. The van der Waals surface area contributed by atoms with E-state index in [-0.39, 0.29) is 5.56 Å². The highest BCUT2D eigenvalue weighted by Gasteiger charge is 2.11. The molecule has 0 amide bonds. The average Bonchev–Trinajstić information content (AvgIpc) is 2.54. The monoisotopic (exact) mass is 291 g/mol. The van der Waals surface area contributed by atoms with Crippen molar-refractivity contribution >= 4 is 17.1 Å². The molecule has 0 atom stereocenters.